The van der Waals surface area contributed by atoms with Crippen LogP contribution in [0.15, 0.2) is 18.2 Å². The molecule has 1 saturated heterocycles. The predicted molar refractivity (Wildman–Crippen MR) is 47.1 cm³/mol. The number of amides is 2. The Hall–Kier alpha value is -1.65. The van der Waals surface area contributed by atoms with E-state index in [1.807, 2.05) is 0 Å². The van der Waals surface area contributed by atoms with Crippen LogP contribution >= 0.6 is 0 Å². The van der Waals surface area contributed by atoms with Gasteiger partial charge in [0.1, 0.15) is 11.6 Å². The maximum atomic E-state index is 12.8. The molecule has 1 fully saturated rings. The third-order valence-electron chi connectivity index (χ3n) is 2.02. The summed E-state index contributed by atoms with van der Waals surface area (Å²) in [6, 6.07) is 2.72. The Kier molecular flexibility index (Phi) is 2.07. The van der Waals surface area contributed by atoms with Crippen molar-refractivity contribution in [1.82, 2.24) is 5.32 Å². The number of benzene rings is 1. The summed E-state index contributed by atoms with van der Waals surface area (Å²) >= 11 is 0. The molecule has 1 N–H and O–H groups in total. The fourth-order valence-corrected chi connectivity index (χ4v) is 1.41. The Morgan fingerprint density at radius 3 is 2.36 bits per heavy atom. The standard InChI is InChI=1S/C9H8F2N2O/c10-6-3-7(11)5-8(4-6)13-2-1-12-9(13)14/h3-5H,1-2H2,(H,12,14). The number of nitrogens with one attached hydrogen (secondary N) is 1. The molecule has 0 radical (unpaired) electrons. The molecule has 0 bridgehead atoms. The van der Waals surface area contributed by atoms with Crippen molar-refractivity contribution in [3.63, 3.8) is 0 Å². The highest BCUT2D eigenvalue weighted by molar-refractivity contribution is 5.93. The molecule has 0 spiro atoms. The number of hydrogen-bond donors (Lipinski definition) is 1. The number of rotatable bonds is 1. The zero-order valence-electron chi connectivity index (χ0n) is 7.26. The first-order chi connectivity index (χ1) is 6.66. The molecular formula is C9H8F2N2O. The van der Waals surface area contributed by atoms with E-state index in [-0.39, 0.29) is 11.7 Å². The summed E-state index contributed by atoms with van der Waals surface area (Å²) in [6.07, 6.45) is 0. The van der Waals surface area contributed by atoms with Gasteiger partial charge in [-0.25, -0.2) is 13.6 Å². The lowest BCUT2D eigenvalue weighted by molar-refractivity contribution is 0.252. The summed E-state index contributed by atoms with van der Waals surface area (Å²) in [5, 5.41) is 2.55. The quantitative estimate of drug-likeness (QED) is 0.728. The lowest BCUT2D eigenvalue weighted by atomic mass is 10.3. The zero-order chi connectivity index (χ0) is 10.1. The summed E-state index contributed by atoms with van der Waals surface area (Å²) in [5.74, 6) is -1.36. The highest BCUT2D eigenvalue weighted by Gasteiger charge is 2.21. The molecule has 1 aromatic carbocycles. The molecule has 14 heavy (non-hydrogen) atoms. The first-order valence-corrected chi connectivity index (χ1v) is 4.18. The lowest BCUT2D eigenvalue weighted by Gasteiger charge is -2.13. The van der Waals surface area contributed by atoms with E-state index in [0.717, 1.165) is 18.2 Å². The van der Waals surface area contributed by atoms with Gasteiger partial charge >= 0.3 is 6.03 Å². The molecule has 0 unspecified atom stereocenters. The van der Waals surface area contributed by atoms with Crippen molar-refractivity contribution in [2.75, 3.05) is 18.0 Å². The highest BCUT2D eigenvalue weighted by Crippen LogP contribution is 2.19. The lowest BCUT2D eigenvalue weighted by Crippen LogP contribution is -2.27. The Bertz CT molecular complexity index is 361. The molecule has 1 aliphatic heterocycles. The molecule has 2 amide bonds. The van der Waals surface area contributed by atoms with Crippen LogP contribution < -0.4 is 10.2 Å². The van der Waals surface area contributed by atoms with Gasteiger partial charge in [-0.15, -0.1) is 0 Å². The second-order valence-electron chi connectivity index (χ2n) is 3.01. The molecule has 74 valence electrons. The predicted octanol–water partition coefficient (Wildman–Crippen LogP) is 1.49. The van der Waals surface area contributed by atoms with Gasteiger partial charge in [0, 0.05) is 19.2 Å². The Labute approximate surface area is 79.3 Å². The van der Waals surface area contributed by atoms with Crippen LogP contribution in [-0.4, -0.2) is 19.1 Å². The van der Waals surface area contributed by atoms with Crippen molar-refractivity contribution in [2.24, 2.45) is 0 Å². The van der Waals surface area contributed by atoms with Gasteiger partial charge in [0.25, 0.3) is 0 Å². The topological polar surface area (TPSA) is 32.3 Å². The van der Waals surface area contributed by atoms with Crippen LogP contribution in [0.2, 0.25) is 0 Å². The van der Waals surface area contributed by atoms with E-state index in [2.05, 4.69) is 5.32 Å². The van der Waals surface area contributed by atoms with Crippen LogP contribution in [0.25, 0.3) is 0 Å². The summed E-state index contributed by atoms with van der Waals surface area (Å²) in [7, 11) is 0. The van der Waals surface area contributed by atoms with Crippen molar-refractivity contribution in [1.29, 1.82) is 0 Å². The van der Waals surface area contributed by atoms with E-state index in [1.54, 1.807) is 0 Å². The van der Waals surface area contributed by atoms with Crippen molar-refractivity contribution < 1.29 is 13.6 Å². The number of carbonyl (C=O) groups is 1. The minimum absolute atomic E-state index is 0.248. The van der Waals surface area contributed by atoms with Crippen molar-refractivity contribution in [3.05, 3.63) is 29.8 Å². The summed E-state index contributed by atoms with van der Waals surface area (Å²) in [4.78, 5) is 12.5. The molecule has 0 saturated carbocycles. The van der Waals surface area contributed by atoms with E-state index < -0.39 is 11.6 Å². The molecule has 2 rings (SSSR count). The minimum atomic E-state index is -0.681. The van der Waals surface area contributed by atoms with Crippen LogP contribution in [0.1, 0.15) is 0 Å². The SMILES string of the molecule is O=C1NCCN1c1cc(F)cc(F)c1. The first kappa shape index (κ1) is 8.93. The van der Waals surface area contributed by atoms with E-state index >= 15 is 0 Å². The molecule has 1 aromatic rings. The van der Waals surface area contributed by atoms with Gasteiger partial charge in [-0.05, 0) is 12.1 Å². The molecule has 1 heterocycles. The van der Waals surface area contributed by atoms with Crippen molar-refractivity contribution in [2.45, 2.75) is 0 Å². The largest absolute Gasteiger partial charge is 0.336 e. The summed E-state index contributed by atoms with van der Waals surface area (Å²) < 4.78 is 25.6. The fourth-order valence-electron chi connectivity index (χ4n) is 1.41. The van der Waals surface area contributed by atoms with Gasteiger partial charge in [0.2, 0.25) is 0 Å². The summed E-state index contributed by atoms with van der Waals surface area (Å²) in [6.45, 7) is 0.929. The third-order valence-corrected chi connectivity index (χ3v) is 2.02. The molecule has 3 nitrogen and oxygen atoms in total. The van der Waals surface area contributed by atoms with Crippen LogP contribution in [0.3, 0.4) is 0 Å². The Morgan fingerprint density at radius 2 is 1.86 bits per heavy atom. The molecular weight excluding hydrogens is 190 g/mol. The van der Waals surface area contributed by atoms with E-state index in [0.29, 0.717) is 13.1 Å². The van der Waals surface area contributed by atoms with Crippen LogP contribution in [0, 0.1) is 11.6 Å². The maximum absolute atomic E-state index is 12.8. The Morgan fingerprint density at radius 1 is 1.21 bits per heavy atom. The van der Waals surface area contributed by atoms with Crippen molar-refractivity contribution >= 4 is 11.7 Å². The number of hydrogen-bond acceptors (Lipinski definition) is 1. The van der Waals surface area contributed by atoms with Gasteiger partial charge in [-0.3, -0.25) is 4.90 Å². The van der Waals surface area contributed by atoms with E-state index in [1.165, 1.54) is 4.90 Å². The zero-order valence-corrected chi connectivity index (χ0v) is 7.26. The summed E-state index contributed by atoms with van der Waals surface area (Å²) in [5.41, 5.74) is 0.248. The third kappa shape index (κ3) is 1.53. The van der Waals surface area contributed by atoms with Gasteiger partial charge in [-0.2, -0.15) is 0 Å². The average molecular weight is 198 g/mol. The minimum Gasteiger partial charge on any atom is -0.336 e. The number of nitrogens with zero attached hydrogens (tertiary/aromatic N) is 1. The average Bonchev–Trinajstić information content (AvgIpc) is 2.49. The molecule has 5 heteroatoms. The normalized spacial score (nSPS) is 15.9. The van der Waals surface area contributed by atoms with Crippen LogP contribution in [0.4, 0.5) is 19.3 Å². The smallest absolute Gasteiger partial charge is 0.321 e. The molecule has 0 aliphatic carbocycles. The molecule has 1 aliphatic rings. The van der Waals surface area contributed by atoms with Crippen molar-refractivity contribution in [3.8, 4) is 0 Å². The van der Waals surface area contributed by atoms with Gasteiger partial charge < -0.3 is 5.32 Å². The second kappa shape index (κ2) is 3.25. The number of urea groups is 1. The van der Waals surface area contributed by atoms with E-state index in [9.17, 15) is 13.6 Å². The number of halogens is 2. The van der Waals surface area contributed by atoms with Crippen LogP contribution in [0.5, 0.6) is 0 Å². The highest BCUT2D eigenvalue weighted by atomic mass is 19.1. The van der Waals surface area contributed by atoms with Gasteiger partial charge in [-0.1, -0.05) is 0 Å². The fraction of sp³-hybridized carbons (Fsp3) is 0.222. The molecule has 0 aromatic heterocycles. The number of anilines is 1. The second-order valence-corrected chi connectivity index (χ2v) is 3.01. The van der Waals surface area contributed by atoms with Crippen LogP contribution in [-0.2, 0) is 0 Å². The maximum Gasteiger partial charge on any atom is 0.321 e. The van der Waals surface area contributed by atoms with E-state index in [4.69, 9.17) is 0 Å². The Balaban J connectivity index is 2.35. The van der Waals surface area contributed by atoms with Gasteiger partial charge in [0.15, 0.2) is 0 Å². The van der Waals surface area contributed by atoms with Gasteiger partial charge in [0.05, 0.1) is 5.69 Å². The number of carbonyl (C=O) groups excluding carboxylic acids is 1. The monoisotopic (exact) mass is 198 g/mol. The first-order valence-electron chi connectivity index (χ1n) is 4.18. The molecule has 0 atom stereocenters.